The summed E-state index contributed by atoms with van der Waals surface area (Å²) < 4.78 is 5.51. The highest BCUT2D eigenvalue weighted by molar-refractivity contribution is 5.46. The Labute approximate surface area is 120 Å². The van der Waals surface area contributed by atoms with E-state index >= 15 is 0 Å². The molecule has 20 heavy (non-hydrogen) atoms. The van der Waals surface area contributed by atoms with Crippen LogP contribution in [0.3, 0.4) is 0 Å². The van der Waals surface area contributed by atoms with Gasteiger partial charge in [-0.05, 0) is 20.5 Å². The Kier molecular flexibility index (Phi) is 7.86. The molecule has 0 aliphatic carbocycles. The van der Waals surface area contributed by atoms with Crippen molar-refractivity contribution < 1.29 is 4.74 Å². The number of ether oxygens (including phenoxy) is 1. The molecule has 114 valence electrons. The highest BCUT2D eigenvalue weighted by Gasteiger charge is 2.03. The molecule has 1 heterocycles. The number of aryl methyl sites for hydroxylation is 1. The number of hydrazine groups is 1. The molecule has 0 unspecified atom stereocenters. The van der Waals surface area contributed by atoms with Crippen LogP contribution in [0, 0.1) is 0 Å². The summed E-state index contributed by atoms with van der Waals surface area (Å²) in [4.78, 5) is 10.8. The summed E-state index contributed by atoms with van der Waals surface area (Å²) in [5.41, 5.74) is 2.56. The Morgan fingerprint density at radius 1 is 1.25 bits per heavy atom. The highest BCUT2D eigenvalue weighted by Crippen LogP contribution is 2.11. The maximum absolute atomic E-state index is 5.51. The fourth-order valence-electron chi connectivity index (χ4n) is 1.60. The molecule has 7 nitrogen and oxygen atoms in total. The zero-order valence-corrected chi connectivity index (χ0v) is 12.6. The third-order valence-corrected chi connectivity index (χ3v) is 2.63. The van der Waals surface area contributed by atoms with Gasteiger partial charge in [0.25, 0.3) is 0 Å². The van der Waals surface area contributed by atoms with Gasteiger partial charge in [-0.3, -0.25) is 0 Å². The number of rotatable bonds is 10. The van der Waals surface area contributed by atoms with E-state index in [-0.39, 0.29) is 0 Å². The lowest BCUT2D eigenvalue weighted by Gasteiger charge is -2.11. The van der Waals surface area contributed by atoms with Crippen molar-refractivity contribution in [2.45, 2.75) is 19.8 Å². The van der Waals surface area contributed by atoms with Gasteiger partial charge in [0, 0.05) is 25.6 Å². The molecule has 1 aromatic heterocycles. The third-order valence-electron chi connectivity index (χ3n) is 2.63. The summed E-state index contributed by atoms with van der Waals surface area (Å²) in [6, 6.07) is 1.79. The number of nitrogens with one attached hydrogen (secondary N) is 2. The van der Waals surface area contributed by atoms with E-state index in [9.17, 15) is 0 Å². The largest absolute Gasteiger partial charge is 0.378 e. The molecular formula is C13H26N6O. The summed E-state index contributed by atoms with van der Waals surface area (Å²) >= 11 is 0. The average molecular weight is 282 g/mol. The number of likely N-dealkylation sites (N-methyl/N-ethyl adjacent to an activating group) is 1. The van der Waals surface area contributed by atoms with Gasteiger partial charge >= 0.3 is 0 Å². The molecule has 0 amide bonds. The predicted octanol–water partition coefficient (Wildman–Crippen LogP) is 0.705. The Hall–Kier alpha value is -1.44. The molecule has 0 radical (unpaired) electrons. The molecule has 0 atom stereocenters. The van der Waals surface area contributed by atoms with Crippen molar-refractivity contribution >= 4 is 11.6 Å². The lowest BCUT2D eigenvalue weighted by molar-refractivity contribution is 0.126. The fourth-order valence-corrected chi connectivity index (χ4v) is 1.60. The van der Waals surface area contributed by atoms with Crippen molar-refractivity contribution in [3.63, 3.8) is 0 Å². The first kappa shape index (κ1) is 16.6. The topological polar surface area (TPSA) is 88.3 Å². The second-order valence-corrected chi connectivity index (χ2v) is 4.79. The van der Waals surface area contributed by atoms with Crippen molar-refractivity contribution in [2.75, 3.05) is 51.1 Å². The average Bonchev–Trinajstić information content (AvgIpc) is 2.42. The molecule has 0 aromatic carbocycles. The van der Waals surface area contributed by atoms with Crippen LogP contribution in [0.4, 0.5) is 11.6 Å². The van der Waals surface area contributed by atoms with Crippen molar-refractivity contribution in [3.8, 4) is 0 Å². The van der Waals surface area contributed by atoms with E-state index in [4.69, 9.17) is 10.6 Å². The molecule has 1 rings (SSSR count). The van der Waals surface area contributed by atoms with Crippen LogP contribution < -0.4 is 16.6 Å². The van der Waals surface area contributed by atoms with Crippen LogP contribution in [0.15, 0.2) is 6.07 Å². The van der Waals surface area contributed by atoms with E-state index in [1.807, 2.05) is 14.1 Å². The van der Waals surface area contributed by atoms with Crippen LogP contribution in [0.25, 0.3) is 0 Å². The first-order valence-electron chi connectivity index (χ1n) is 6.96. The number of nitrogen functional groups attached to an aromatic ring is 1. The first-order valence-corrected chi connectivity index (χ1v) is 6.96. The maximum atomic E-state index is 5.51. The normalized spacial score (nSPS) is 10.8. The number of nitrogens with two attached hydrogens (primary N) is 1. The van der Waals surface area contributed by atoms with Crippen LogP contribution in [-0.4, -0.2) is 55.3 Å². The van der Waals surface area contributed by atoms with Gasteiger partial charge in [-0.2, -0.15) is 0 Å². The Morgan fingerprint density at radius 3 is 2.65 bits per heavy atom. The zero-order chi connectivity index (χ0) is 14.8. The number of hydrogen-bond acceptors (Lipinski definition) is 7. The quantitative estimate of drug-likeness (QED) is 0.331. The van der Waals surface area contributed by atoms with E-state index in [2.05, 4.69) is 32.5 Å². The second-order valence-electron chi connectivity index (χ2n) is 4.79. The Balaban J connectivity index is 2.36. The van der Waals surface area contributed by atoms with E-state index in [0.717, 1.165) is 37.6 Å². The van der Waals surface area contributed by atoms with Gasteiger partial charge < -0.3 is 20.4 Å². The van der Waals surface area contributed by atoms with Gasteiger partial charge in [0.05, 0.1) is 13.2 Å². The third kappa shape index (κ3) is 6.65. The minimum atomic E-state index is 0.625. The fraction of sp³-hybridized carbons (Fsp3) is 0.692. The van der Waals surface area contributed by atoms with Gasteiger partial charge in [-0.25, -0.2) is 15.8 Å². The number of aromatic nitrogens is 2. The van der Waals surface area contributed by atoms with Crippen LogP contribution in [0.5, 0.6) is 0 Å². The number of nitrogens with zero attached hydrogens (tertiary/aromatic N) is 3. The Morgan fingerprint density at radius 2 is 2.00 bits per heavy atom. The summed E-state index contributed by atoms with van der Waals surface area (Å²) in [6.07, 6.45) is 1.84. The van der Waals surface area contributed by atoms with E-state index in [1.165, 1.54) is 0 Å². The lowest BCUT2D eigenvalue weighted by Crippen LogP contribution is -2.20. The number of hydrogen-bond donors (Lipinski definition) is 3. The molecule has 0 aliphatic rings. The van der Waals surface area contributed by atoms with Gasteiger partial charge in [0.15, 0.2) is 0 Å². The lowest BCUT2D eigenvalue weighted by atomic mass is 10.3. The molecule has 4 N–H and O–H groups in total. The molecule has 0 aliphatic heterocycles. The van der Waals surface area contributed by atoms with Crippen LogP contribution in [0.1, 0.15) is 19.2 Å². The standard InChI is InChI=1S/C13H26N6O/c1-4-5-11-16-12(10-13(17-11)18-14)15-6-8-20-9-7-19(2)3/h10H,4-9,14H2,1-3H3,(H2,15,16,17,18). The van der Waals surface area contributed by atoms with Crippen molar-refractivity contribution in [1.29, 1.82) is 0 Å². The zero-order valence-electron chi connectivity index (χ0n) is 12.6. The number of anilines is 2. The van der Waals surface area contributed by atoms with Gasteiger partial charge in [-0.15, -0.1) is 0 Å². The Bertz CT molecular complexity index is 385. The highest BCUT2D eigenvalue weighted by atomic mass is 16.5. The maximum Gasteiger partial charge on any atom is 0.145 e. The van der Waals surface area contributed by atoms with Crippen molar-refractivity contribution in [3.05, 3.63) is 11.9 Å². The van der Waals surface area contributed by atoms with Crippen molar-refractivity contribution in [2.24, 2.45) is 5.84 Å². The van der Waals surface area contributed by atoms with Crippen LogP contribution >= 0.6 is 0 Å². The summed E-state index contributed by atoms with van der Waals surface area (Å²) in [5, 5.41) is 3.22. The van der Waals surface area contributed by atoms with Gasteiger partial charge in [0.2, 0.25) is 0 Å². The summed E-state index contributed by atoms with van der Waals surface area (Å²) in [7, 11) is 4.05. The van der Waals surface area contributed by atoms with Crippen molar-refractivity contribution in [1.82, 2.24) is 14.9 Å². The molecule has 1 aromatic rings. The molecule has 0 spiro atoms. The monoisotopic (exact) mass is 282 g/mol. The summed E-state index contributed by atoms with van der Waals surface area (Å²) in [5.74, 6) is 7.60. The van der Waals surface area contributed by atoms with E-state index < -0.39 is 0 Å². The van der Waals surface area contributed by atoms with Gasteiger partial charge in [-0.1, -0.05) is 6.92 Å². The van der Waals surface area contributed by atoms with Crippen LogP contribution in [0.2, 0.25) is 0 Å². The molecular weight excluding hydrogens is 256 g/mol. The summed E-state index contributed by atoms with van der Waals surface area (Å²) in [6.45, 7) is 5.11. The second kappa shape index (κ2) is 9.46. The first-order chi connectivity index (χ1) is 9.65. The SMILES string of the molecule is CCCc1nc(NN)cc(NCCOCCN(C)C)n1. The van der Waals surface area contributed by atoms with E-state index in [0.29, 0.717) is 19.0 Å². The molecule has 7 heteroatoms. The van der Waals surface area contributed by atoms with Crippen LogP contribution in [-0.2, 0) is 11.2 Å². The predicted molar refractivity (Wildman–Crippen MR) is 81.7 cm³/mol. The van der Waals surface area contributed by atoms with E-state index in [1.54, 1.807) is 6.07 Å². The smallest absolute Gasteiger partial charge is 0.145 e. The van der Waals surface area contributed by atoms with Gasteiger partial charge in [0.1, 0.15) is 17.5 Å². The molecule has 0 bridgehead atoms. The minimum Gasteiger partial charge on any atom is -0.378 e. The molecule has 0 saturated carbocycles. The minimum absolute atomic E-state index is 0.625. The molecule has 0 saturated heterocycles. The molecule has 0 fully saturated rings.